The van der Waals surface area contributed by atoms with Crippen LogP contribution in [-0.2, 0) is 0 Å². The number of guanidine groups is 1. The lowest BCUT2D eigenvalue weighted by Gasteiger charge is -2.26. The summed E-state index contributed by atoms with van der Waals surface area (Å²) in [4.78, 5) is 6.19. The lowest BCUT2D eigenvalue weighted by Crippen LogP contribution is -2.46. The third-order valence-corrected chi connectivity index (χ3v) is 2.55. The van der Waals surface area contributed by atoms with E-state index >= 15 is 0 Å². The van der Waals surface area contributed by atoms with Crippen LogP contribution in [0.1, 0.15) is 25.7 Å². The Bertz CT molecular complexity index is 160. The number of hydrogen-bond acceptors (Lipinski definition) is 2. The van der Waals surface area contributed by atoms with Crippen molar-refractivity contribution >= 4 is 5.96 Å². The van der Waals surface area contributed by atoms with Gasteiger partial charge in [0.05, 0.1) is 0 Å². The Hall–Kier alpha value is -0.770. The van der Waals surface area contributed by atoms with Crippen molar-refractivity contribution in [3.05, 3.63) is 0 Å². The highest BCUT2D eigenvalue weighted by molar-refractivity contribution is 5.79. The smallest absolute Gasteiger partial charge is 0.208 e. The third kappa shape index (κ3) is 1.88. The van der Waals surface area contributed by atoms with Gasteiger partial charge >= 0.3 is 0 Å². The summed E-state index contributed by atoms with van der Waals surface area (Å²) < 4.78 is 0. The Morgan fingerprint density at radius 2 is 2.08 bits per heavy atom. The molecule has 0 aromatic heterocycles. The van der Waals surface area contributed by atoms with E-state index in [2.05, 4.69) is 15.3 Å². The van der Waals surface area contributed by atoms with Gasteiger partial charge in [-0.1, -0.05) is 12.8 Å². The second-order valence-electron chi connectivity index (χ2n) is 3.24. The summed E-state index contributed by atoms with van der Waals surface area (Å²) in [6, 6.07) is 0.625. The SMILES string of the molecule is CN=C(NN)N(C)C1CCCC1. The molecule has 4 heteroatoms. The lowest BCUT2D eigenvalue weighted by molar-refractivity contribution is 0.360. The second kappa shape index (κ2) is 4.30. The molecular weight excluding hydrogens is 152 g/mol. The zero-order chi connectivity index (χ0) is 8.97. The molecule has 12 heavy (non-hydrogen) atoms. The largest absolute Gasteiger partial charge is 0.342 e. The van der Waals surface area contributed by atoms with Crippen LogP contribution in [0.5, 0.6) is 0 Å². The van der Waals surface area contributed by atoms with Crippen LogP contribution in [-0.4, -0.2) is 31.0 Å². The highest BCUT2D eigenvalue weighted by Gasteiger charge is 2.21. The number of nitrogens with two attached hydrogens (primary N) is 1. The zero-order valence-corrected chi connectivity index (χ0v) is 7.88. The molecule has 70 valence electrons. The minimum Gasteiger partial charge on any atom is -0.342 e. The van der Waals surface area contributed by atoms with Crippen molar-refractivity contribution in [2.75, 3.05) is 14.1 Å². The summed E-state index contributed by atoms with van der Waals surface area (Å²) in [5.74, 6) is 6.11. The van der Waals surface area contributed by atoms with Crippen molar-refractivity contribution in [1.29, 1.82) is 0 Å². The van der Waals surface area contributed by atoms with Gasteiger partial charge in [0, 0.05) is 20.1 Å². The highest BCUT2D eigenvalue weighted by atomic mass is 15.4. The van der Waals surface area contributed by atoms with Gasteiger partial charge in [0.2, 0.25) is 5.96 Å². The first kappa shape index (κ1) is 9.32. The molecule has 0 heterocycles. The van der Waals surface area contributed by atoms with Crippen molar-refractivity contribution in [1.82, 2.24) is 10.3 Å². The van der Waals surface area contributed by atoms with Crippen LogP contribution in [0.4, 0.5) is 0 Å². The molecule has 0 bridgehead atoms. The standard InChI is InChI=1S/C8H18N4/c1-10-8(11-9)12(2)7-5-3-4-6-7/h7H,3-6,9H2,1-2H3,(H,10,11). The Balaban J connectivity index is 2.49. The fourth-order valence-electron chi connectivity index (χ4n) is 1.79. The second-order valence-corrected chi connectivity index (χ2v) is 3.24. The molecule has 1 saturated carbocycles. The van der Waals surface area contributed by atoms with Crippen LogP contribution in [0, 0.1) is 0 Å². The van der Waals surface area contributed by atoms with Gasteiger partial charge in [-0.3, -0.25) is 10.4 Å². The Morgan fingerprint density at radius 3 is 2.50 bits per heavy atom. The number of rotatable bonds is 1. The maximum Gasteiger partial charge on any atom is 0.208 e. The molecule has 0 aliphatic heterocycles. The van der Waals surface area contributed by atoms with Gasteiger partial charge in [-0.15, -0.1) is 0 Å². The molecule has 3 N–H and O–H groups in total. The molecule has 0 spiro atoms. The topological polar surface area (TPSA) is 53.6 Å². The maximum atomic E-state index is 5.33. The van der Waals surface area contributed by atoms with E-state index in [1.54, 1.807) is 7.05 Å². The number of aliphatic imine (C=N–C) groups is 1. The molecular formula is C8H18N4. The minimum absolute atomic E-state index is 0.625. The fraction of sp³-hybridized carbons (Fsp3) is 0.875. The molecule has 0 atom stereocenters. The summed E-state index contributed by atoms with van der Waals surface area (Å²) in [5.41, 5.74) is 2.60. The fourth-order valence-corrected chi connectivity index (χ4v) is 1.79. The molecule has 1 aliphatic carbocycles. The van der Waals surface area contributed by atoms with Crippen LogP contribution < -0.4 is 11.3 Å². The van der Waals surface area contributed by atoms with E-state index in [1.807, 2.05) is 7.05 Å². The molecule has 0 radical (unpaired) electrons. The lowest BCUT2D eigenvalue weighted by atomic mass is 10.2. The number of hydrazine groups is 1. The predicted octanol–water partition coefficient (Wildman–Crippen LogP) is 0.310. The molecule has 1 aliphatic rings. The molecule has 0 aromatic carbocycles. The van der Waals surface area contributed by atoms with E-state index in [0.717, 1.165) is 5.96 Å². The Labute approximate surface area is 73.8 Å². The summed E-state index contributed by atoms with van der Waals surface area (Å²) in [6.45, 7) is 0. The van der Waals surface area contributed by atoms with Gasteiger partial charge in [-0.25, -0.2) is 5.84 Å². The maximum absolute atomic E-state index is 5.33. The minimum atomic E-state index is 0.625. The van der Waals surface area contributed by atoms with Crippen LogP contribution in [0.15, 0.2) is 4.99 Å². The molecule has 1 fully saturated rings. The average molecular weight is 170 g/mol. The average Bonchev–Trinajstić information content (AvgIpc) is 2.58. The van der Waals surface area contributed by atoms with Gasteiger partial charge in [0.15, 0.2) is 0 Å². The van der Waals surface area contributed by atoms with Crippen molar-refractivity contribution in [3.8, 4) is 0 Å². The quantitative estimate of drug-likeness (QED) is 0.258. The molecule has 1 rings (SSSR count). The van der Waals surface area contributed by atoms with E-state index in [0.29, 0.717) is 6.04 Å². The summed E-state index contributed by atoms with van der Waals surface area (Å²) in [6.07, 6.45) is 5.18. The molecule has 0 aromatic rings. The number of nitrogens with zero attached hydrogens (tertiary/aromatic N) is 2. The predicted molar refractivity (Wildman–Crippen MR) is 50.7 cm³/mol. The van der Waals surface area contributed by atoms with Gasteiger partial charge in [0.1, 0.15) is 0 Å². The van der Waals surface area contributed by atoms with Crippen LogP contribution in [0.3, 0.4) is 0 Å². The van der Waals surface area contributed by atoms with E-state index in [4.69, 9.17) is 5.84 Å². The summed E-state index contributed by atoms with van der Waals surface area (Å²) in [5, 5.41) is 0. The van der Waals surface area contributed by atoms with Crippen molar-refractivity contribution in [2.45, 2.75) is 31.7 Å². The van der Waals surface area contributed by atoms with Gasteiger partial charge in [-0.05, 0) is 12.8 Å². The van der Waals surface area contributed by atoms with E-state index < -0.39 is 0 Å². The summed E-state index contributed by atoms with van der Waals surface area (Å²) in [7, 11) is 3.79. The Morgan fingerprint density at radius 1 is 1.50 bits per heavy atom. The van der Waals surface area contributed by atoms with E-state index in [1.165, 1.54) is 25.7 Å². The first-order valence-corrected chi connectivity index (χ1v) is 4.46. The van der Waals surface area contributed by atoms with Gasteiger partial charge < -0.3 is 4.90 Å². The molecule has 0 amide bonds. The van der Waals surface area contributed by atoms with E-state index in [-0.39, 0.29) is 0 Å². The first-order valence-electron chi connectivity index (χ1n) is 4.46. The number of nitrogens with one attached hydrogen (secondary N) is 1. The van der Waals surface area contributed by atoms with Gasteiger partial charge in [0.25, 0.3) is 0 Å². The van der Waals surface area contributed by atoms with Crippen LogP contribution in [0.25, 0.3) is 0 Å². The molecule has 0 saturated heterocycles. The van der Waals surface area contributed by atoms with Crippen molar-refractivity contribution in [2.24, 2.45) is 10.8 Å². The summed E-state index contributed by atoms with van der Waals surface area (Å²) >= 11 is 0. The monoisotopic (exact) mass is 170 g/mol. The number of hydrogen-bond donors (Lipinski definition) is 2. The van der Waals surface area contributed by atoms with Crippen LogP contribution in [0.2, 0.25) is 0 Å². The molecule has 4 nitrogen and oxygen atoms in total. The van der Waals surface area contributed by atoms with Crippen LogP contribution >= 0.6 is 0 Å². The third-order valence-electron chi connectivity index (χ3n) is 2.55. The van der Waals surface area contributed by atoms with Gasteiger partial charge in [-0.2, -0.15) is 0 Å². The zero-order valence-electron chi connectivity index (χ0n) is 7.88. The normalized spacial score (nSPS) is 19.8. The highest BCUT2D eigenvalue weighted by Crippen LogP contribution is 2.22. The van der Waals surface area contributed by atoms with Crippen molar-refractivity contribution in [3.63, 3.8) is 0 Å². The van der Waals surface area contributed by atoms with E-state index in [9.17, 15) is 0 Å². The first-order chi connectivity index (χ1) is 5.79. The molecule has 0 unspecified atom stereocenters. The Kier molecular flexibility index (Phi) is 3.34. The van der Waals surface area contributed by atoms with Crippen molar-refractivity contribution < 1.29 is 0 Å².